The average Bonchev–Trinajstić information content (AvgIpc) is 2.89. The van der Waals surface area contributed by atoms with Crippen LogP contribution in [0, 0.1) is 0 Å². The molecule has 5 nitrogen and oxygen atoms in total. The molecular weight excluding hydrogens is 464 g/mol. The van der Waals surface area contributed by atoms with Crippen molar-refractivity contribution in [2.45, 2.75) is 19.4 Å². The Bertz CT molecular complexity index is 973. The van der Waals surface area contributed by atoms with E-state index in [9.17, 15) is 9.82 Å². The molecule has 3 aromatic rings. The van der Waals surface area contributed by atoms with E-state index in [1.165, 1.54) is 15.9 Å². The first-order valence-electron chi connectivity index (χ1n) is 12.7. The molecule has 1 amide bonds. The molecule has 3 rings (SSSR count). The quantitative estimate of drug-likeness (QED) is 0.304. The van der Waals surface area contributed by atoms with E-state index in [2.05, 4.69) is 110 Å². The zero-order valence-electron chi connectivity index (χ0n) is 22.3. The van der Waals surface area contributed by atoms with Crippen LogP contribution in [0.15, 0.2) is 91.0 Å². The molecule has 0 aliphatic carbocycles. The van der Waals surface area contributed by atoms with Gasteiger partial charge in [-0.3, -0.25) is 0 Å². The van der Waals surface area contributed by atoms with Crippen LogP contribution >= 0.6 is 7.26 Å². The van der Waals surface area contributed by atoms with Gasteiger partial charge in [0, 0.05) is 0 Å². The van der Waals surface area contributed by atoms with Gasteiger partial charge in [-0.1, -0.05) is 0 Å². The molecule has 1 unspecified atom stereocenters. The number of benzene rings is 3. The fourth-order valence-corrected chi connectivity index (χ4v) is 10.5. The predicted octanol–water partition coefficient (Wildman–Crippen LogP) is 2.53. The predicted molar refractivity (Wildman–Crippen MR) is 158 cm³/mol. The summed E-state index contributed by atoms with van der Waals surface area (Å²) in [6, 6.07) is 33.0. The third-order valence-corrected chi connectivity index (χ3v) is 12.7. The van der Waals surface area contributed by atoms with Crippen LogP contribution in [0.25, 0.3) is 0 Å². The number of hydrogen-bond acceptors (Lipinski definition) is 4. The number of carbonyl (C=O) groups excluding carboxylic acids is 1. The maximum absolute atomic E-state index is 12.6. The zero-order valence-corrected chi connectivity index (χ0v) is 23.3. The van der Waals surface area contributed by atoms with Crippen LogP contribution < -0.4 is 15.9 Å². The van der Waals surface area contributed by atoms with Crippen molar-refractivity contribution >= 4 is 36.1 Å². The number of amides is 1. The number of carbonyl (C=O) groups is 1. The third kappa shape index (κ3) is 6.63. The van der Waals surface area contributed by atoms with Gasteiger partial charge in [0.05, 0.1) is 0 Å². The fourth-order valence-electron chi connectivity index (χ4n) is 5.06. The molecule has 0 bridgehead atoms. The van der Waals surface area contributed by atoms with Gasteiger partial charge in [0.1, 0.15) is 0 Å². The molecule has 3 aromatic carbocycles. The van der Waals surface area contributed by atoms with Crippen LogP contribution in [0.5, 0.6) is 0 Å². The van der Waals surface area contributed by atoms with Crippen molar-refractivity contribution in [2.24, 2.45) is 0 Å². The molecule has 0 aliphatic heterocycles. The van der Waals surface area contributed by atoms with Gasteiger partial charge in [-0.15, -0.1) is 0 Å². The standard InChI is InChI=1S/C29H41BN3O2P/c1-25(23-31(3)21-22-32(4)29(34)24-33(5)30(2)35)36(26-15-9-6-10-16-26,27-17-11-7-12-18-27)28-19-13-8-14-20-28/h6-20,25,35-36H,21-24H2,1-5H3. The number of hydrogen-bond donors (Lipinski definition) is 1. The molecule has 0 aromatic heterocycles. The van der Waals surface area contributed by atoms with E-state index in [0.29, 0.717) is 12.2 Å². The first-order valence-corrected chi connectivity index (χ1v) is 14.8. The molecule has 1 N–H and O–H groups in total. The molecule has 192 valence electrons. The van der Waals surface area contributed by atoms with Crippen LogP contribution in [0.4, 0.5) is 0 Å². The second kappa shape index (κ2) is 13.2. The normalized spacial score (nSPS) is 13.0. The minimum atomic E-state index is -2.36. The average molecular weight is 505 g/mol. The number of nitrogens with zero attached hydrogens (tertiary/aromatic N) is 3. The van der Waals surface area contributed by atoms with Crippen LogP contribution in [-0.2, 0) is 4.79 Å². The maximum atomic E-state index is 12.6. The third-order valence-electron chi connectivity index (χ3n) is 7.28. The van der Waals surface area contributed by atoms with Crippen molar-refractivity contribution in [2.75, 3.05) is 47.3 Å². The van der Waals surface area contributed by atoms with Gasteiger partial charge in [0.15, 0.2) is 0 Å². The van der Waals surface area contributed by atoms with Crippen molar-refractivity contribution in [1.82, 2.24) is 14.6 Å². The minimum absolute atomic E-state index is 0.0152. The van der Waals surface area contributed by atoms with Crippen LogP contribution in [0.3, 0.4) is 0 Å². The van der Waals surface area contributed by atoms with E-state index in [0.717, 1.165) is 13.1 Å². The monoisotopic (exact) mass is 505 g/mol. The summed E-state index contributed by atoms with van der Waals surface area (Å²) in [5, 5.41) is 13.9. The molecule has 0 saturated carbocycles. The summed E-state index contributed by atoms with van der Waals surface area (Å²) in [5.74, 6) is 0.0152. The van der Waals surface area contributed by atoms with E-state index in [1.807, 2.05) is 7.05 Å². The fraction of sp³-hybridized carbons (Fsp3) is 0.345. The molecule has 0 aliphatic rings. The Morgan fingerprint density at radius 1 is 0.806 bits per heavy atom. The van der Waals surface area contributed by atoms with Gasteiger partial charge in [0.2, 0.25) is 0 Å². The van der Waals surface area contributed by atoms with Crippen molar-refractivity contribution in [1.29, 1.82) is 0 Å². The van der Waals surface area contributed by atoms with Crippen LogP contribution in [0.2, 0.25) is 6.82 Å². The van der Waals surface area contributed by atoms with Crippen molar-refractivity contribution < 1.29 is 9.82 Å². The summed E-state index contributed by atoms with van der Waals surface area (Å²) in [7, 11) is 2.74. The second-order valence-electron chi connectivity index (χ2n) is 9.93. The zero-order chi connectivity index (χ0) is 26.1. The van der Waals surface area contributed by atoms with Gasteiger partial charge in [-0.25, -0.2) is 0 Å². The van der Waals surface area contributed by atoms with Crippen molar-refractivity contribution in [3.05, 3.63) is 91.0 Å². The Hall–Kier alpha value is -2.50. The Morgan fingerprint density at radius 3 is 1.61 bits per heavy atom. The van der Waals surface area contributed by atoms with Crippen LogP contribution in [0.1, 0.15) is 6.92 Å². The number of rotatable bonds is 12. The van der Waals surface area contributed by atoms with Crippen molar-refractivity contribution in [3.63, 3.8) is 0 Å². The Morgan fingerprint density at radius 2 is 1.22 bits per heavy atom. The van der Waals surface area contributed by atoms with E-state index >= 15 is 0 Å². The number of likely N-dealkylation sites (N-methyl/N-ethyl adjacent to an activating group) is 3. The Labute approximate surface area is 218 Å². The van der Waals surface area contributed by atoms with Crippen molar-refractivity contribution in [3.8, 4) is 0 Å². The van der Waals surface area contributed by atoms with E-state index < -0.39 is 14.3 Å². The summed E-state index contributed by atoms with van der Waals surface area (Å²) >= 11 is 0. The SMILES string of the molecule is CB(O)N(C)CC(=O)N(C)CCN(C)CC(C)[PH](c1ccccc1)(c1ccccc1)c1ccccc1. The molecule has 1 atom stereocenters. The molecule has 0 fully saturated rings. The molecule has 0 radical (unpaired) electrons. The topological polar surface area (TPSA) is 47.0 Å². The molecule has 36 heavy (non-hydrogen) atoms. The summed E-state index contributed by atoms with van der Waals surface area (Å²) in [4.78, 5) is 18.3. The van der Waals surface area contributed by atoms with Gasteiger partial charge in [-0.05, 0) is 0 Å². The summed E-state index contributed by atoms with van der Waals surface area (Å²) in [6.45, 7) is 6.62. The first-order chi connectivity index (χ1) is 17.3. The van der Waals surface area contributed by atoms with Gasteiger partial charge < -0.3 is 0 Å². The van der Waals surface area contributed by atoms with Crippen LogP contribution in [-0.4, -0.2) is 85.6 Å². The van der Waals surface area contributed by atoms with Gasteiger partial charge in [-0.2, -0.15) is 0 Å². The van der Waals surface area contributed by atoms with E-state index in [1.54, 1.807) is 23.6 Å². The molecule has 0 heterocycles. The Kier molecular flexibility index (Phi) is 10.3. The molecular formula is C29H41BN3O2P. The summed E-state index contributed by atoms with van der Waals surface area (Å²) < 4.78 is 0. The summed E-state index contributed by atoms with van der Waals surface area (Å²) in [5.41, 5.74) is 0.386. The molecule has 0 spiro atoms. The van der Waals surface area contributed by atoms with E-state index in [-0.39, 0.29) is 12.5 Å². The van der Waals surface area contributed by atoms with E-state index in [4.69, 9.17) is 0 Å². The Balaban J connectivity index is 1.85. The first kappa shape index (κ1) is 28.1. The second-order valence-corrected chi connectivity index (χ2v) is 14.3. The van der Waals surface area contributed by atoms with Gasteiger partial charge in [0.25, 0.3) is 0 Å². The molecule has 0 saturated heterocycles. The van der Waals surface area contributed by atoms with Gasteiger partial charge >= 0.3 is 218 Å². The molecule has 7 heteroatoms. The summed E-state index contributed by atoms with van der Waals surface area (Å²) in [6.07, 6.45) is 0.